The zero-order valence-corrected chi connectivity index (χ0v) is 12.6. The summed E-state index contributed by atoms with van der Waals surface area (Å²) < 4.78 is 24.4. The Bertz CT molecular complexity index is 335. The molecule has 0 spiro atoms. The van der Waals surface area contributed by atoms with Gasteiger partial charge in [0.25, 0.3) is 0 Å². The van der Waals surface area contributed by atoms with E-state index >= 15 is 0 Å². The summed E-state index contributed by atoms with van der Waals surface area (Å²) >= 11 is 0. The van der Waals surface area contributed by atoms with E-state index < -0.39 is 10.0 Å². The summed E-state index contributed by atoms with van der Waals surface area (Å²) in [4.78, 5) is 2.33. The minimum atomic E-state index is -3.02. The highest BCUT2D eigenvalue weighted by Gasteiger charge is 2.24. The van der Waals surface area contributed by atoms with Crippen molar-refractivity contribution in [2.24, 2.45) is 17.6 Å². The van der Waals surface area contributed by atoms with Crippen molar-refractivity contribution in [1.29, 1.82) is 0 Å². The zero-order valence-electron chi connectivity index (χ0n) is 11.8. The van der Waals surface area contributed by atoms with Gasteiger partial charge in [-0.05, 0) is 24.8 Å². The van der Waals surface area contributed by atoms with E-state index in [1.54, 1.807) is 4.31 Å². The van der Waals surface area contributed by atoms with Crippen molar-refractivity contribution in [1.82, 2.24) is 9.21 Å². The van der Waals surface area contributed by atoms with E-state index in [0.29, 0.717) is 31.5 Å². The van der Waals surface area contributed by atoms with Crippen molar-refractivity contribution in [2.75, 3.05) is 45.5 Å². The lowest BCUT2D eigenvalue weighted by atomic mass is 9.96. The first-order chi connectivity index (χ1) is 8.32. The monoisotopic (exact) mass is 277 g/mol. The quantitative estimate of drug-likeness (QED) is 0.752. The molecule has 108 valence electrons. The Balaban J connectivity index is 2.39. The average Bonchev–Trinajstić information content (AvgIpc) is 2.27. The van der Waals surface area contributed by atoms with Crippen molar-refractivity contribution in [3.8, 4) is 0 Å². The van der Waals surface area contributed by atoms with Crippen LogP contribution in [0.2, 0.25) is 0 Å². The van der Waals surface area contributed by atoms with E-state index in [4.69, 9.17) is 5.73 Å². The average molecular weight is 277 g/mol. The van der Waals surface area contributed by atoms with Crippen molar-refractivity contribution in [3.05, 3.63) is 0 Å². The predicted molar refractivity (Wildman–Crippen MR) is 74.9 cm³/mol. The Morgan fingerprint density at radius 2 is 1.72 bits per heavy atom. The van der Waals surface area contributed by atoms with E-state index in [-0.39, 0.29) is 0 Å². The fraction of sp³-hybridized carbons (Fsp3) is 1.00. The molecular formula is C12H27N3O2S. The molecule has 1 fully saturated rings. The molecule has 0 aromatic rings. The number of nitrogens with two attached hydrogens (primary N) is 1. The highest BCUT2D eigenvalue weighted by molar-refractivity contribution is 7.88. The molecule has 1 saturated heterocycles. The van der Waals surface area contributed by atoms with Gasteiger partial charge in [-0.25, -0.2) is 8.42 Å². The topological polar surface area (TPSA) is 66.6 Å². The third kappa shape index (κ3) is 5.22. The van der Waals surface area contributed by atoms with Gasteiger partial charge in [0.15, 0.2) is 0 Å². The molecule has 1 rings (SSSR count). The maximum atomic E-state index is 11.4. The van der Waals surface area contributed by atoms with Gasteiger partial charge < -0.3 is 10.6 Å². The third-order valence-electron chi connectivity index (χ3n) is 3.45. The maximum Gasteiger partial charge on any atom is 0.211 e. The molecule has 1 unspecified atom stereocenters. The van der Waals surface area contributed by atoms with Gasteiger partial charge in [0.05, 0.1) is 6.26 Å². The molecule has 0 aliphatic carbocycles. The molecule has 1 atom stereocenters. The molecule has 0 aromatic carbocycles. The van der Waals surface area contributed by atoms with Crippen LogP contribution in [-0.4, -0.2) is 63.1 Å². The molecule has 0 amide bonds. The molecule has 0 saturated carbocycles. The third-order valence-corrected chi connectivity index (χ3v) is 4.76. The maximum absolute atomic E-state index is 11.4. The van der Waals surface area contributed by atoms with Gasteiger partial charge in [-0.2, -0.15) is 4.31 Å². The number of hydrogen-bond acceptors (Lipinski definition) is 4. The first-order valence-electron chi connectivity index (χ1n) is 6.70. The highest BCUT2D eigenvalue weighted by atomic mass is 32.2. The van der Waals surface area contributed by atoms with Gasteiger partial charge >= 0.3 is 0 Å². The van der Waals surface area contributed by atoms with Gasteiger partial charge in [-0.1, -0.05) is 13.8 Å². The number of hydrogen-bond donors (Lipinski definition) is 1. The van der Waals surface area contributed by atoms with E-state index in [0.717, 1.165) is 26.1 Å². The molecule has 2 N–H and O–H groups in total. The summed E-state index contributed by atoms with van der Waals surface area (Å²) in [5.74, 6) is 1.19. The van der Waals surface area contributed by atoms with Gasteiger partial charge in [0, 0.05) is 32.7 Å². The molecule has 0 aromatic heterocycles. The van der Waals surface area contributed by atoms with E-state index in [2.05, 4.69) is 18.7 Å². The minimum absolute atomic E-state index is 0.523. The lowest BCUT2D eigenvalue weighted by Gasteiger charge is -2.35. The number of sulfonamides is 1. The van der Waals surface area contributed by atoms with E-state index in [1.807, 2.05) is 0 Å². The van der Waals surface area contributed by atoms with Crippen LogP contribution in [0.3, 0.4) is 0 Å². The number of piperazine rings is 1. The predicted octanol–water partition coefficient (Wildman–Crippen LogP) is 0.185. The van der Waals surface area contributed by atoms with Gasteiger partial charge in [-0.3, -0.25) is 0 Å². The van der Waals surface area contributed by atoms with Crippen LogP contribution in [-0.2, 0) is 10.0 Å². The normalized spacial score (nSPS) is 21.4. The van der Waals surface area contributed by atoms with Crippen molar-refractivity contribution in [3.63, 3.8) is 0 Å². The largest absolute Gasteiger partial charge is 0.330 e. The van der Waals surface area contributed by atoms with Crippen LogP contribution in [0.1, 0.15) is 20.3 Å². The molecule has 5 nitrogen and oxygen atoms in total. The Morgan fingerprint density at radius 1 is 1.17 bits per heavy atom. The Kier molecular flexibility index (Phi) is 6.04. The smallest absolute Gasteiger partial charge is 0.211 e. The van der Waals surface area contributed by atoms with Gasteiger partial charge in [0.1, 0.15) is 0 Å². The molecule has 1 aliphatic heterocycles. The van der Waals surface area contributed by atoms with Crippen LogP contribution in [0, 0.1) is 11.8 Å². The number of rotatable bonds is 6. The number of nitrogens with zero attached hydrogens (tertiary/aromatic N) is 2. The first kappa shape index (κ1) is 15.9. The van der Waals surface area contributed by atoms with Crippen molar-refractivity contribution >= 4 is 10.0 Å². The van der Waals surface area contributed by atoms with Crippen LogP contribution < -0.4 is 5.73 Å². The molecular weight excluding hydrogens is 250 g/mol. The second-order valence-electron chi connectivity index (χ2n) is 5.69. The Labute approximate surface area is 111 Å². The molecule has 6 heteroatoms. The van der Waals surface area contributed by atoms with Gasteiger partial charge in [0.2, 0.25) is 10.0 Å². The molecule has 0 radical (unpaired) electrons. The minimum Gasteiger partial charge on any atom is -0.330 e. The van der Waals surface area contributed by atoms with Crippen molar-refractivity contribution < 1.29 is 8.42 Å². The standard InChI is InChI=1S/C12H27N3O2S/c1-11(2)8-12(9-13)10-14-4-6-15(7-5-14)18(3,16)17/h11-12H,4-10,13H2,1-3H3. The summed E-state index contributed by atoms with van der Waals surface area (Å²) in [5.41, 5.74) is 5.80. The highest BCUT2D eigenvalue weighted by Crippen LogP contribution is 2.14. The van der Waals surface area contributed by atoms with E-state index in [9.17, 15) is 8.42 Å². The van der Waals surface area contributed by atoms with Crippen LogP contribution >= 0.6 is 0 Å². The van der Waals surface area contributed by atoms with Crippen LogP contribution in [0.5, 0.6) is 0 Å². The Hall–Kier alpha value is -0.170. The molecule has 1 aliphatic rings. The zero-order chi connectivity index (χ0) is 13.8. The van der Waals surface area contributed by atoms with Crippen molar-refractivity contribution in [2.45, 2.75) is 20.3 Å². The summed E-state index contributed by atoms with van der Waals surface area (Å²) in [6.07, 6.45) is 2.42. The Morgan fingerprint density at radius 3 is 2.11 bits per heavy atom. The molecule has 0 bridgehead atoms. The molecule has 18 heavy (non-hydrogen) atoms. The SMILES string of the molecule is CC(C)CC(CN)CN1CCN(S(C)(=O)=O)CC1. The van der Waals surface area contributed by atoms with Crippen LogP contribution in [0.15, 0.2) is 0 Å². The fourth-order valence-corrected chi connectivity index (χ4v) is 3.35. The lowest BCUT2D eigenvalue weighted by molar-refractivity contribution is 0.159. The summed E-state index contributed by atoms with van der Waals surface area (Å²) in [7, 11) is -3.02. The lowest BCUT2D eigenvalue weighted by Crippen LogP contribution is -2.50. The second kappa shape index (κ2) is 6.84. The fourth-order valence-electron chi connectivity index (χ4n) is 2.52. The van der Waals surface area contributed by atoms with E-state index in [1.165, 1.54) is 6.26 Å². The second-order valence-corrected chi connectivity index (χ2v) is 7.68. The summed E-state index contributed by atoms with van der Waals surface area (Å²) in [6, 6.07) is 0. The summed E-state index contributed by atoms with van der Waals surface area (Å²) in [5, 5.41) is 0. The molecule has 1 heterocycles. The first-order valence-corrected chi connectivity index (χ1v) is 8.55. The summed E-state index contributed by atoms with van der Waals surface area (Å²) in [6.45, 7) is 8.99. The van der Waals surface area contributed by atoms with Crippen LogP contribution in [0.25, 0.3) is 0 Å². The van der Waals surface area contributed by atoms with Gasteiger partial charge in [-0.15, -0.1) is 0 Å². The van der Waals surface area contributed by atoms with Crippen LogP contribution in [0.4, 0.5) is 0 Å².